The van der Waals surface area contributed by atoms with E-state index in [1.165, 1.54) is 17.7 Å². The molecule has 0 aromatic heterocycles. The molecule has 0 bridgehead atoms. The Hall–Kier alpha value is -1.46. The summed E-state index contributed by atoms with van der Waals surface area (Å²) in [4.78, 5) is 2.29. The van der Waals surface area contributed by atoms with E-state index in [4.69, 9.17) is 6.42 Å². The van der Waals surface area contributed by atoms with Gasteiger partial charge in [0.1, 0.15) is 0 Å². The number of hydrogen-bond donors (Lipinski definition) is 1. The lowest BCUT2D eigenvalue weighted by Gasteiger charge is -2.35. The van der Waals surface area contributed by atoms with Gasteiger partial charge in [0.15, 0.2) is 0 Å². The van der Waals surface area contributed by atoms with Crippen LogP contribution in [0.5, 0.6) is 0 Å². The SMILES string of the molecule is C#CCN1CCC(NCCC)c2ccccc21. The summed E-state index contributed by atoms with van der Waals surface area (Å²) in [5.41, 5.74) is 2.69. The van der Waals surface area contributed by atoms with Gasteiger partial charge >= 0.3 is 0 Å². The smallest absolute Gasteiger partial charge is 0.0791 e. The number of anilines is 1. The molecule has 1 aliphatic heterocycles. The first kappa shape index (κ1) is 12.0. The summed E-state index contributed by atoms with van der Waals surface area (Å²) in [7, 11) is 0. The van der Waals surface area contributed by atoms with Gasteiger partial charge in [-0.1, -0.05) is 31.0 Å². The van der Waals surface area contributed by atoms with Crippen LogP contribution in [0.15, 0.2) is 24.3 Å². The second kappa shape index (κ2) is 5.75. The number of para-hydroxylation sites is 1. The third kappa shape index (κ3) is 2.62. The van der Waals surface area contributed by atoms with Gasteiger partial charge in [0.05, 0.1) is 6.54 Å². The predicted octanol–water partition coefficient (Wildman–Crippen LogP) is 2.57. The van der Waals surface area contributed by atoms with E-state index in [2.05, 4.69) is 47.3 Å². The topological polar surface area (TPSA) is 15.3 Å². The Morgan fingerprint density at radius 3 is 3.06 bits per heavy atom. The summed E-state index contributed by atoms with van der Waals surface area (Å²) in [5, 5.41) is 3.61. The van der Waals surface area contributed by atoms with Gasteiger partial charge in [-0.25, -0.2) is 0 Å². The molecule has 1 aromatic rings. The number of terminal acetylenes is 1. The Balaban J connectivity index is 2.21. The van der Waals surface area contributed by atoms with Crippen molar-refractivity contribution in [2.75, 3.05) is 24.5 Å². The molecule has 2 nitrogen and oxygen atoms in total. The molecule has 1 N–H and O–H groups in total. The van der Waals surface area contributed by atoms with Crippen LogP contribution in [0.2, 0.25) is 0 Å². The number of fused-ring (bicyclic) bond motifs is 1. The molecule has 2 rings (SSSR count). The minimum absolute atomic E-state index is 0.486. The van der Waals surface area contributed by atoms with Crippen molar-refractivity contribution in [3.8, 4) is 12.3 Å². The van der Waals surface area contributed by atoms with Crippen molar-refractivity contribution in [3.05, 3.63) is 29.8 Å². The van der Waals surface area contributed by atoms with Crippen molar-refractivity contribution in [3.63, 3.8) is 0 Å². The molecule has 0 spiro atoms. The lowest BCUT2D eigenvalue weighted by Crippen LogP contribution is -2.36. The molecule has 2 heteroatoms. The number of rotatable bonds is 4. The van der Waals surface area contributed by atoms with E-state index >= 15 is 0 Å². The van der Waals surface area contributed by atoms with E-state index in [1.807, 2.05) is 0 Å². The van der Waals surface area contributed by atoms with Gasteiger partial charge in [-0.3, -0.25) is 0 Å². The van der Waals surface area contributed by atoms with Crippen molar-refractivity contribution in [2.45, 2.75) is 25.8 Å². The maximum absolute atomic E-state index is 5.42. The molecule has 1 unspecified atom stereocenters. The lowest BCUT2D eigenvalue weighted by molar-refractivity contribution is 0.482. The Morgan fingerprint density at radius 1 is 1.47 bits per heavy atom. The highest BCUT2D eigenvalue weighted by Crippen LogP contribution is 2.33. The first-order valence-electron chi connectivity index (χ1n) is 6.37. The first-order chi connectivity index (χ1) is 8.36. The van der Waals surface area contributed by atoms with Gasteiger partial charge < -0.3 is 10.2 Å². The van der Waals surface area contributed by atoms with Gasteiger partial charge in [0.2, 0.25) is 0 Å². The molecular weight excluding hydrogens is 208 g/mol. The average Bonchev–Trinajstić information content (AvgIpc) is 2.38. The van der Waals surface area contributed by atoms with Crippen LogP contribution in [0.3, 0.4) is 0 Å². The molecular formula is C15H20N2. The van der Waals surface area contributed by atoms with Crippen LogP contribution in [0, 0.1) is 12.3 Å². The van der Waals surface area contributed by atoms with Crippen molar-refractivity contribution < 1.29 is 0 Å². The fourth-order valence-electron chi connectivity index (χ4n) is 2.44. The molecule has 1 aromatic carbocycles. The quantitative estimate of drug-likeness (QED) is 0.797. The fourth-order valence-corrected chi connectivity index (χ4v) is 2.44. The van der Waals surface area contributed by atoms with Gasteiger partial charge in [0, 0.05) is 18.3 Å². The Labute approximate surface area is 104 Å². The second-order valence-electron chi connectivity index (χ2n) is 4.48. The maximum Gasteiger partial charge on any atom is 0.0791 e. The molecule has 0 amide bonds. The molecule has 1 heterocycles. The normalized spacial score (nSPS) is 18.6. The standard InChI is InChI=1S/C15H20N2/c1-3-10-16-14-9-12-17(11-4-2)15-8-6-5-7-13(14)15/h2,5-8,14,16H,3,9-12H2,1H3. The van der Waals surface area contributed by atoms with E-state index in [1.54, 1.807) is 0 Å². The molecule has 0 saturated carbocycles. The van der Waals surface area contributed by atoms with Gasteiger partial charge in [-0.2, -0.15) is 0 Å². The van der Waals surface area contributed by atoms with E-state index in [0.717, 1.165) is 19.5 Å². The fraction of sp³-hybridized carbons (Fsp3) is 0.467. The van der Waals surface area contributed by atoms with Crippen LogP contribution < -0.4 is 10.2 Å². The minimum Gasteiger partial charge on any atom is -0.360 e. The van der Waals surface area contributed by atoms with E-state index in [-0.39, 0.29) is 0 Å². The molecule has 90 valence electrons. The van der Waals surface area contributed by atoms with Crippen LogP contribution in [0.4, 0.5) is 5.69 Å². The second-order valence-corrected chi connectivity index (χ2v) is 4.48. The van der Waals surface area contributed by atoms with Gasteiger partial charge in [0.25, 0.3) is 0 Å². The summed E-state index contributed by atoms with van der Waals surface area (Å²) >= 11 is 0. The number of nitrogens with one attached hydrogen (secondary N) is 1. The minimum atomic E-state index is 0.486. The Kier molecular flexibility index (Phi) is 4.06. The molecule has 1 atom stereocenters. The van der Waals surface area contributed by atoms with Gasteiger partial charge in [-0.15, -0.1) is 6.42 Å². The first-order valence-corrected chi connectivity index (χ1v) is 6.37. The summed E-state index contributed by atoms with van der Waals surface area (Å²) in [5.74, 6) is 2.74. The predicted molar refractivity (Wildman–Crippen MR) is 73.1 cm³/mol. The maximum atomic E-state index is 5.42. The van der Waals surface area contributed by atoms with E-state index < -0.39 is 0 Å². The highest BCUT2D eigenvalue weighted by Gasteiger charge is 2.23. The van der Waals surface area contributed by atoms with Crippen LogP contribution in [-0.4, -0.2) is 19.6 Å². The monoisotopic (exact) mass is 228 g/mol. The zero-order chi connectivity index (χ0) is 12.1. The molecule has 17 heavy (non-hydrogen) atoms. The lowest BCUT2D eigenvalue weighted by atomic mass is 9.96. The zero-order valence-corrected chi connectivity index (χ0v) is 10.4. The van der Waals surface area contributed by atoms with E-state index in [0.29, 0.717) is 12.6 Å². The van der Waals surface area contributed by atoms with Crippen molar-refractivity contribution in [1.82, 2.24) is 5.32 Å². The largest absolute Gasteiger partial charge is 0.360 e. The molecule has 1 aliphatic rings. The molecule has 0 saturated heterocycles. The summed E-state index contributed by atoms with van der Waals surface area (Å²) in [6.07, 6.45) is 7.74. The van der Waals surface area contributed by atoms with Crippen molar-refractivity contribution in [2.24, 2.45) is 0 Å². The summed E-state index contributed by atoms with van der Waals surface area (Å²) < 4.78 is 0. The van der Waals surface area contributed by atoms with Gasteiger partial charge in [-0.05, 0) is 31.0 Å². The number of hydrogen-bond acceptors (Lipinski definition) is 2. The van der Waals surface area contributed by atoms with Crippen molar-refractivity contribution in [1.29, 1.82) is 0 Å². The molecule has 0 radical (unpaired) electrons. The molecule has 0 fully saturated rings. The Morgan fingerprint density at radius 2 is 2.29 bits per heavy atom. The van der Waals surface area contributed by atoms with Crippen LogP contribution in [0.25, 0.3) is 0 Å². The third-order valence-electron chi connectivity index (χ3n) is 3.26. The zero-order valence-electron chi connectivity index (χ0n) is 10.4. The summed E-state index contributed by atoms with van der Waals surface area (Å²) in [6.45, 7) is 5.03. The van der Waals surface area contributed by atoms with Crippen LogP contribution in [-0.2, 0) is 0 Å². The van der Waals surface area contributed by atoms with Crippen molar-refractivity contribution >= 4 is 5.69 Å². The highest BCUT2D eigenvalue weighted by atomic mass is 15.1. The molecule has 0 aliphatic carbocycles. The third-order valence-corrected chi connectivity index (χ3v) is 3.26. The van der Waals surface area contributed by atoms with Crippen LogP contribution in [0.1, 0.15) is 31.4 Å². The number of benzene rings is 1. The number of nitrogens with zero attached hydrogens (tertiary/aromatic N) is 1. The Bertz CT molecular complexity index is 406. The van der Waals surface area contributed by atoms with E-state index in [9.17, 15) is 0 Å². The average molecular weight is 228 g/mol. The summed E-state index contributed by atoms with van der Waals surface area (Å²) in [6, 6.07) is 9.07. The highest BCUT2D eigenvalue weighted by molar-refractivity contribution is 5.57. The van der Waals surface area contributed by atoms with Crippen LogP contribution >= 0.6 is 0 Å².